The number of thioether (sulfide) groups is 2. The van der Waals surface area contributed by atoms with E-state index in [4.69, 9.17) is 17.2 Å². The lowest BCUT2D eigenvalue weighted by atomic mass is 9.96. The fourth-order valence-corrected chi connectivity index (χ4v) is 8.78. The molecule has 440 valence electrons. The van der Waals surface area contributed by atoms with Crippen molar-refractivity contribution in [2.75, 3.05) is 30.6 Å². The van der Waals surface area contributed by atoms with Crippen molar-refractivity contribution in [2.45, 2.75) is 168 Å². The van der Waals surface area contributed by atoms with Crippen LogP contribution in [0.25, 0.3) is 0 Å². The number of nitrogens with zero attached hydrogens (tertiary/aromatic N) is 1. The van der Waals surface area contributed by atoms with E-state index in [0.29, 0.717) is 17.9 Å². The van der Waals surface area contributed by atoms with Gasteiger partial charge in [-0.2, -0.15) is 23.5 Å². The Kier molecular flexibility index (Phi) is 33.0. The number of aliphatic carboxylic acids is 2. The number of carbonyl (C=O) groups excluding carboxylic acids is 8. The minimum atomic E-state index is -1.56. The molecule has 1 aromatic carbocycles. The SMILES string of the molecule is CC[C@H](C)[C@H](NC(=O)[C@H](CC(C)C)NC(=O)[C@@H](N)Cc1ccccc1)C(=O)N[C@@H](CCCN=C(N)N)C(=O)N[C@@H](CCSC)C(=O)N[C@@H](CCC(=O)O)C(=O)N[C@H](C(=O)N[C@@H](CCSC)C(=O)N[C@H](C(=O)O)C(C)C)C(C)C. The van der Waals surface area contributed by atoms with Crippen molar-refractivity contribution in [3.05, 3.63) is 35.9 Å². The van der Waals surface area contributed by atoms with Gasteiger partial charge in [0.05, 0.1) is 6.04 Å². The molecule has 0 heterocycles. The maximum Gasteiger partial charge on any atom is 0.326 e. The lowest BCUT2D eigenvalue weighted by molar-refractivity contribution is -0.143. The molecule has 16 N–H and O–H groups in total. The van der Waals surface area contributed by atoms with E-state index in [9.17, 15) is 58.2 Å². The van der Waals surface area contributed by atoms with Crippen LogP contribution in [0.15, 0.2) is 35.3 Å². The van der Waals surface area contributed by atoms with Gasteiger partial charge in [0.25, 0.3) is 0 Å². The molecule has 10 atom stereocenters. The van der Waals surface area contributed by atoms with Crippen molar-refractivity contribution in [1.29, 1.82) is 0 Å². The maximum absolute atomic E-state index is 14.4. The molecule has 26 heteroatoms. The van der Waals surface area contributed by atoms with Gasteiger partial charge < -0.3 is 69.9 Å². The molecule has 0 aliphatic carbocycles. The number of guanidine groups is 1. The Hall–Kier alpha value is -6.15. The van der Waals surface area contributed by atoms with Crippen molar-refractivity contribution < 1.29 is 58.2 Å². The molecular formula is C52H88N12O12S2. The van der Waals surface area contributed by atoms with Crippen LogP contribution in [0.3, 0.4) is 0 Å². The summed E-state index contributed by atoms with van der Waals surface area (Å²) in [5, 5.41) is 40.5. The molecule has 0 bridgehead atoms. The van der Waals surface area contributed by atoms with Gasteiger partial charge in [-0.05, 0) is 98.2 Å². The average molecular weight is 1140 g/mol. The lowest BCUT2D eigenvalue weighted by Crippen LogP contribution is -2.61. The molecule has 24 nitrogen and oxygen atoms in total. The summed E-state index contributed by atoms with van der Waals surface area (Å²) in [6, 6.07) is -2.16. The number of nitrogens with one attached hydrogen (secondary N) is 8. The van der Waals surface area contributed by atoms with Crippen molar-refractivity contribution >= 4 is 88.7 Å². The highest BCUT2D eigenvalue weighted by Gasteiger charge is 2.37. The molecule has 0 fully saturated rings. The van der Waals surface area contributed by atoms with Gasteiger partial charge in [0.15, 0.2) is 5.96 Å². The van der Waals surface area contributed by atoms with Crippen LogP contribution in [-0.2, 0) is 54.4 Å². The Morgan fingerprint density at radius 1 is 0.551 bits per heavy atom. The van der Waals surface area contributed by atoms with E-state index in [1.165, 1.54) is 23.5 Å². The van der Waals surface area contributed by atoms with Crippen molar-refractivity contribution in [3.8, 4) is 0 Å². The summed E-state index contributed by atoms with van der Waals surface area (Å²) in [6.07, 6.45) is 3.55. The van der Waals surface area contributed by atoms with E-state index in [2.05, 4.69) is 47.5 Å². The molecule has 0 saturated heterocycles. The summed E-state index contributed by atoms with van der Waals surface area (Å²) < 4.78 is 0. The summed E-state index contributed by atoms with van der Waals surface area (Å²) in [7, 11) is 0. The van der Waals surface area contributed by atoms with Crippen LogP contribution in [0.2, 0.25) is 0 Å². The topological polar surface area (TPSA) is 398 Å². The molecule has 0 saturated carbocycles. The standard InChI is InChI=1S/C52H88N12O12S2/c1-11-31(8)42(64-48(72)38(26-28(2)3)61-43(67)33(53)27-32-16-13-12-14-17-32)50(74)59-34(18-15-23-56-52(54)55)44(68)58-36(21-24-77-9)45(69)57-35(19-20-39(65)66)46(70)62-40(29(4)5)49(73)60-37(22-25-78-10)47(71)63-41(30(6)7)51(75)76/h12-14,16-17,28-31,33-38,40-42H,11,15,18-27,53H2,1-10H3,(H,57,69)(H,58,68)(H,59,74)(H,60,73)(H,61,67)(H,62,70)(H,63,71)(H,64,72)(H,65,66)(H,75,76)(H4,54,55,56)/t31-,33-,34-,35-,36-,37-,38-,40-,41-,42-/m0/s1. The normalized spacial score (nSPS) is 15.1. The van der Waals surface area contributed by atoms with Crippen molar-refractivity contribution in [1.82, 2.24) is 42.5 Å². The Bertz CT molecular complexity index is 2150. The first-order chi connectivity index (χ1) is 36.7. The first-order valence-electron chi connectivity index (χ1n) is 26.4. The second kappa shape index (κ2) is 36.9. The first kappa shape index (κ1) is 69.9. The van der Waals surface area contributed by atoms with Crippen LogP contribution in [0.4, 0.5) is 0 Å². The number of rotatable bonds is 38. The van der Waals surface area contributed by atoms with Crippen LogP contribution in [0, 0.1) is 23.7 Å². The van der Waals surface area contributed by atoms with E-state index >= 15 is 0 Å². The van der Waals surface area contributed by atoms with Gasteiger partial charge in [0.1, 0.15) is 48.3 Å². The Balaban J connectivity index is 3.54. The second-order valence-corrected chi connectivity index (χ2v) is 22.3. The number of benzene rings is 1. The van der Waals surface area contributed by atoms with Crippen molar-refractivity contribution in [2.24, 2.45) is 45.9 Å². The Labute approximate surface area is 467 Å². The lowest BCUT2D eigenvalue weighted by Gasteiger charge is -2.30. The first-order valence-corrected chi connectivity index (χ1v) is 29.2. The smallest absolute Gasteiger partial charge is 0.326 e. The molecular weight excluding hydrogens is 1050 g/mol. The fourth-order valence-electron chi connectivity index (χ4n) is 7.84. The molecule has 78 heavy (non-hydrogen) atoms. The van der Waals surface area contributed by atoms with Gasteiger partial charge in [-0.3, -0.25) is 48.1 Å². The van der Waals surface area contributed by atoms with Crippen LogP contribution < -0.4 is 59.7 Å². The molecule has 1 rings (SSSR count). The third-order valence-electron chi connectivity index (χ3n) is 12.6. The zero-order chi connectivity index (χ0) is 59.2. The third kappa shape index (κ3) is 26.5. The van der Waals surface area contributed by atoms with Gasteiger partial charge in [0, 0.05) is 13.0 Å². The summed E-state index contributed by atoms with van der Waals surface area (Å²) in [5.74, 6) is -9.88. The van der Waals surface area contributed by atoms with Crippen LogP contribution in [-0.4, -0.2) is 160 Å². The molecule has 0 radical (unpaired) electrons. The van der Waals surface area contributed by atoms with Gasteiger partial charge in [-0.15, -0.1) is 0 Å². The molecule has 0 aliphatic heterocycles. The number of amides is 8. The van der Waals surface area contributed by atoms with E-state index in [1.807, 2.05) is 44.2 Å². The second-order valence-electron chi connectivity index (χ2n) is 20.3. The highest BCUT2D eigenvalue weighted by molar-refractivity contribution is 7.98. The number of aliphatic imine (C=N–C) groups is 1. The Morgan fingerprint density at radius 3 is 1.42 bits per heavy atom. The van der Waals surface area contributed by atoms with Crippen molar-refractivity contribution in [3.63, 3.8) is 0 Å². The van der Waals surface area contributed by atoms with E-state index in [-0.39, 0.29) is 56.9 Å². The molecule has 0 unspecified atom stereocenters. The zero-order valence-corrected chi connectivity index (χ0v) is 48.5. The minimum Gasteiger partial charge on any atom is -0.481 e. The largest absolute Gasteiger partial charge is 0.481 e. The van der Waals surface area contributed by atoms with Gasteiger partial charge in [-0.25, -0.2) is 4.79 Å². The fraction of sp³-hybridized carbons (Fsp3) is 0.673. The highest BCUT2D eigenvalue weighted by Crippen LogP contribution is 2.15. The quantitative estimate of drug-likeness (QED) is 0.0241. The molecule has 0 aliphatic rings. The zero-order valence-electron chi connectivity index (χ0n) is 46.9. The summed E-state index contributed by atoms with van der Waals surface area (Å²) in [4.78, 5) is 139. The minimum absolute atomic E-state index is 0.000259. The van der Waals surface area contributed by atoms with Gasteiger partial charge in [-0.1, -0.05) is 92.1 Å². The Morgan fingerprint density at radius 2 is 0.974 bits per heavy atom. The maximum atomic E-state index is 14.4. The highest BCUT2D eigenvalue weighted by atomic mass is 32.2. The van der Waals surface area contributed by atoms with E-state index in [0.717, 1.165) is 5.56 Å². The number of hydrogen-bond acceptors (Lipinski definition) is 14. The number of nitrogens with two attached hydrogens (primary N) is 3. The molecule has 1 aromatic rings. The summed E-state index contributed by atoms with van der Waals surface area (Å²) in [6.45, 7) is 13.8. The van der Waals surface area contributed by atoms with Crippen LogP contribution >= 0.6 is 23.5 Å². The summed E-state index contributed by atoms with van der Waals surface area (Å²) >= 11 is 2.72. The number of carbonyl (C=O) groups is 10. The predicted octanol–water partition coefficient (Wildman–Crippen LogP) is 0.348. The monoisotopic (exact) mass is 1140 g/mol. The predicted molar refractivity (Wildman–Crippen MR) is 303 cm³/mol. The van der Waals surface area contributed by atoms with E-state index in [1.54, 1.807) is 54.1 Å². The molecule has 0 spiro atoms. The van der Waals surface area contributed by atoms with Gasteiger partial charge in [0.2, 0.25) is 47.3 Å². The number of hydrogen-bond donors (Lipinski definition) is 13. The van der Waals surface area contributed by atoms with Gasteiger partial charge >= 0.3 is 11.9 Å². The third-order valence-corrected chi connectivity index (χ3v) is 13.9. The number of carboxylic acids is 2. The summed E-state index contributed by atoms with van der Waals surface area (Å²) in [5.41, 5.74) is 18.2. The van der Waals surface area contributed by atoms with Crippen LogP contribution in [0.5, 0.6) is 0 Å². The molecule has 0 aromatic heterocycles. The molecule has 8 amide bonds. The van der Waals surface area contributed by atoms with E-state index < -0.39 is 144 Å². The van der Waals surface area contributed by atoms with Crippen LogP contribution in [0.1, 0.15) is 112 Å². The number of carboxylic acid groups (broad SMARTS) is 2. The average Bonchev–Trinajstić information content (AvgIpc) is 3.37.